The Morgan fingerprint density at radius 3 is 2.67 bits per heavy atom. The number of rotatable bonds is 4. The van der Waals surface area contributed by atoms with Crippen molar-refractivity contribution in [2.45, 2.75) is 58.6 Å². The van der Waals surface area contributed by atoms with E-state index in [4.69, 9.17) is 20.2 Å². The molecule has 5 nitrogen and oxygen atoms in total. The molecule has 1 aliphatic heterocycles. The van der Waals surface area contributed by atoms with E-state index in [1.807, 2.05) is 0 Å². The molecule has 0 amide bonds. The minimum atomic E-state index is -0.488. The SMILES string of the molecule is CCOC(=O)/C(N)=C/C(=NC1CCOC12CC2)C(C)(C)C. The summed E-state index contributed by atoms with van der Waals surface area (Å²) in [6.07, 6.45) is 4.75. The lowest BCUT2D eigenvalue weighted by Crippen LogP contribution is -2.28. The number of esters is 1. The van der Waals surface area contributed by atoms with Gasteiger partial charge in [-0.05, 0) is 32.3 Å². The smallest absolute Gasteiger partial charge is 0.354 e. The van der Waals surface area contributed by atoms with E-state index in [0.717, 1.165) is 31.6 Å². The molecule has 0 radical (unpaired) electrons. The van der Waals surface area contributed by atoms with E-state index in [2.05, 4.69) is 20.8 Å². The molecule has 1 atom stereocenters. The standard InChI is InChI=1S/C16H26N2O3/c1-5-20-14(19)11(17)10-13(15(2,3)4)18-12-6-9-21-16(12)7-8-16/h10,12H,5-9,17H2,1-4H3/b11-10-,18-13?. The van der Waals surface area contributed by atoms with E-state index >= 15 is 0 Å². The van der Waals surface area contributed by atoms with Gasteiger partial charge in [-0.25, -0.2) is 4.79 Å². The van der Waals surface area contributed by atoms with Crippen LogP contribution >= 0.6 is 0 Å². The highest BCUT2D eigenvalue weighted by Crippen LogP contribution is 2.49. The van der Waals surface area contributed by atoms with Gasteiger partial charge in [0.2, 0.25) is 0 Å². The van der Waals surface area contributed by atoms with E-state index < -0.39 is 5.97 Å². The highest BCUT2D eigenvalue weighted by Gasteiger charge is 2.54. The maximum Gasteiger partial charge on any atom is 0.354 e. The average molecular weight is 294 g/mol. The molecule has 1 spiro atoms. The summed E-state index contributed by atoms with van der Waals surface area (Å²) in [5.41, 5.74) is 6.54. The Labute approximate surface area is 126 Å². The second-order valence-electron chi connectivity index (χ2n) is 6.80. The largest absolute Gasteiger partial charge is 0.461 e. The molecule has 1 saturated carbocycles. The lowest BCUT2D eigenvalue weighted by Gasteiger charge is -2.23. The number of carbonyl (C=O) groups is 1. The lowest BCUT2D eigenvalue weighted by molar-refractivity contribution is -0.138. The number of ether oxygens (including phenoxy) is 2. The zero-order chi connectivity index (χ0) is 15.7. The van der Waals surface area contributed by atoms with Crippen LogP contribution in [0, 0.1) is 5.41 Å². The highest BCUT2D eigenvalue weighted by atomic mass is 16.5. The molecule has 0 bridgehead atoms. The number of hydrogen-bond donors (Lipinski definition) is 1. The van der Waals surface area contributed by atoms with Crippen LogP contribution in [0.25, 0.3) is 0 Å². The van der Waals surface area contributed by atoms with Gasteiger partial charge in [0, 0.05) is 17.7 Å². The third kappa shape index (κ3) is 3.64. The van der Waals surface area contributed by atoms with E-state index in [9.17, 15) is 4.79 Å². The topological polar surface area (TPSA) is 73.9 Å². The number of aliphatic imine (C=N–C) groups is 1. The second kappa shape index (κ2) is 5.79. The van der Waals surface area contributed by atoms with Crippen molar-refractivity contribution in [2.24, 2.45) is 16.1 Å². The van der Waals surface area contributed by atoms with Crippen molar-refractivity contribution >= 4 is 11.7 Å². The van der Waals surface area contributed by atoms with Crippen molar-refractivity contribution in [3.8, 4) is 0 Å². The molecular weight excluding hydrogens is 268 g/mol. The van der Waals surface area contributed by atoms with Gasteiger partial charge in [0.05, 0.1) is 18.2 Å². The molecule has 0 aromatic rings. The van der Waals surface area contributed by atoms with Gasteiger partial charge in [0.1, 0.15) is 5.70 Å². The summed E-state index contributed by atoms with van der Waals surface area (Å²) in [5, 5.41) is 0. The number of hydrogen-bond acceptors (Lipinski definition) is 5. The van der Waals surface area contributed by atoms with E-state index in [1.54, 1.807) is 13.0 Å². The quantitative estimate of drug-likeness (QED) is 0.490. The van der Waals surface area contributed by atoms with Crippen LogP contribution in [0.5, 0.6) is 0 Å². The number of nitrogens with zero attached hydrogens (tertiary/aromatic N) is 1. The zero-order valence-corrected chi connectivity index (χ0v) is 13.4. The number of carbonyl (C=O) groups excluding carboxylic acids is 1. The predicted molar refractivity (Wildman–Crippen MR) is 82.1 cm³/mol. The lowest BCUT2D eigenvalue weighted by atomic mass is 9.88. The molecule has 1 aliphatic carbocycles. The van der Waals surface area contributed by atoms with Crippen molar-refractivity contribution < 1.29 is 14.3 Å². The fraction of sp³-hybridized carbons (Fsp3) is 0.750. The van der Waals surface area contributed by atoms with Crippen molar-refractivity contribution in [2.75, 3.05) is 13.2 Å². The summed E-state index contributed by atoms with van der Waals surface area (Å²) in [7, 11) is 0. The fourth-order valence-corrected chi connectivity index (χ4v) is 2.55. The van der Waals surface area contributed by atoms with Crippen molar-refractivity contribution in [1.82, 2.24) is 0 Å². The molecule has 118 valence electrons. The van der Waals surface area contributed by atoms with Gasteiger partial charge >= 0.3 is 5.97 Å². The van der Waals surface area contributed by atoms with Gasteiger partial charge in [-0.3, -0.25) is 4.99 Å². The Hall–Kier alpha value is -1.36. The first-order chi connectivity index (χ1) is 9.78. The minimum absolute atomic E-state index is 0.0387. The number of allylic oxidation sites excluding steroid dienone is 1. The summed E-state index contributed by atoms with van der Waals surface area (Å²) >= 11 is 0. The molecule has 2 rings (SSSR count). The molecule has 1 heterocycles. The average Bonchev–Trinajstić information content (AvgIpc) is 3.05. The highest BCUT2D eigenvalue weighted by molar-refractivity contribution is 6.04. The fourth-order valence-electron chi connectivity index (χ4n) is 2.55. The van der Waals surface area contributed by atoms with Crippen molar-refractivity contribution in [1.29, 1.82) is 0 Å². The summed E-state index contributed by atoms with van der Waals surface area (Å²) in [6.45, 7) is 9.04. The van der Waals surface area contributed by atoms with Crippen LogP contribution in [0.1, 0.15) is 47.0 Å². The molecule has 1 unspecified atom stereocenters. The Kier molecular flexibility index (Phi) is 4.42. The van der Waals surface area contributed by atoms with Gasteiger partial charge in [-0.2, -0.15) is 0 Å². The summed E-state index contributed by atoms with van der Waals surface area (Å²) in [5.74, 6) is -0.488. The van der Waals surface area contributed by atoms with Crippen LogP contribution in [0.2, 0.25) is 0 Å². The minimum Gasteiger partial charge on any atom is -0.461 e. The molecular formula is C16H26N2O3. The maximum atomic E-state index is 11.7. The summed E-state index contributed by atoms with van der Waals surface area (Å²) in [4.78, 5) is 16.6. The van der Waals surface area contributed by atoms with Crippen LogP contribution in [0.15, 0.2) is 16.8 Å². The first kappa shape index (κ1) is 16.0. The van der Waals surface area contributed by atoms with Crippen LogP contribution < -0.4 is 5.73 Å². The van der Waals surface area contributed by atoms with E-state index in [1.165, 1.54) is 0 Å². The van der Waals surface area contributed by atoms with Crippen LogP contribution in [-0.4, -0.2) is 36.5 Å². The Morgan fingerprint density at radius 2 is 2.14 bits per heavy atom. The predicted octanol–water partition coefficient (Wildman–Crippen LogP) is 2.20. The second-order valence-corrected chi connectivity index (χ2v) is 6.80. The molecule has 0 aromatic carbocycles. The number of nitrogens with two attached hydrogens (primary N) is 1. The normalized spacial score (nSPS) is 25.2. The van der Waals surface area contributed by atoms with Crippen LogP contribution in [0.3, 0.4) is 0 Å². The first-order valence-corrected chi connectivity index (χ1v) is 7.65. The molecule has 21 heavy (non-hydrogen) atoms. The zero-order valence-electron chi connectivity index (χ0n) is 13.4. The summed E-state index contributed by atoms with van der Waals surface area (Å²) in [6, 6.07) is 0.179. The monoisotopic (exact) mass is 294 g/mol. The van der Waals surface area contributed by atoms with E-state index in [0.29, 0.717) is 6.61 Å². The third-order valence-corrected chi connectivity index (χ3v) is 4.00. The molecule has 1 saturated heterocycles. The molecule has 2 fully saturated rings. The molecule has 5 heteroatoms. The van der Waals surface area contributed by atoms with Crippen LogP contribution in [-0.2, 0) is 14.3 Å². The summed E-state index contributed by atoms with van der Waals surface area (Å²) < 4.78 is 10.7. The van der Waals surface area contributed by atoms with Crippen molar-refractivity contribution in [3.05, 3.63) is 11.8 Å². The molecule has 0 aromatic heterocycles. The Morgan fingerprint density at radius 1 is 1.48 bits per heavy atom. The first-order valence-electron chi connectivity index (χ1n) is 7.65. The van der Waals surface area contributed by atoms with E-state index in [-0.39, 0.29) is 22.8 Å². The third-order valence-electron chi connectivity index (χ3n) is 4.00. The Balaban J connectivity index is 2.23. The van der Waals surface area contributed by atoms with Crippen molar-refractivity contribution in [3.63, 3.8) is 0 Å². The molecule has 2 N–H and O–H groups in total. The Bertz CT molecular complexity index is 470. The van der Waals surface area contributed by atoms with Gasteiger partial charge in [0.15, 0.2) is 0 Å². The van der Waals surface area contributed by atoms with Gasteiger partial charge in [0.25, 0.3) is 0 Å². The van der Waals surface area contributed by atoms with Gasteiger partial charge in [-0.1, -0.05) is 20.8 Å². The molecule has 2 aliphatic rings. The van der Waals surface area contributed by atoms with Crippen LogP contribution in [0.4, 0.5) is 0 Å². The maximum absolute atomic E-state index is 11.7. The van der Waals surface area contributed by atoms with Gasteiger partial charge in [-0.15, -0.1) is 0 Å². The van der Waals surface area contributed by atoms with Gasteiger partial charge < -0.3 is 15.2 Å².